The molecule has 1 amide bonds. The number of aromatic nitrogens is 6. The van der Waals surface area contributed by atoms with Crippen molar-refractivity contribution >= 4 is 45.5 Å². The van der Waals surface area contributed by atoms with Crippen molar-refractivity contribution in [2.45, 2.75) is 32.7 Å². The molecule has 8 nitrogen and oxygen atoms in total. The maximum atomic E-state index is 12.1. The highest BCUT2D eigenvalue weighted by Crippen LogP contribution is 2.53. The largest absolute Gasteiger partial charge is 0.278 e. The SMILES string of the molecule is Cc1cc2[nH]ncc2c(-c2c(-c3ccc4c(cnn4C)c3)nn(C3CC4(C=NC4=O)C3)c2C)c1Cl. The molecule has 1 fully saturated rings. The Balaban J connectivity index is 1.47. The summed E-state index contributed by atoms with van der Waals surface area (Å²) < 4.78 is 3.94. The van der Waals surface area contributed by atoms with Gasteiger partial charge in [0.1, 0.15) is 5.69 Å². The summed E-state index contributed by atoms with van der Waals surface area (Å²) >= 11 is 6.97. The summed E-state index contributed by atoms with van der Waals surface area (Å²) in [5, 5.41) is 19.6. The number of amides is 1. The van der Waals surface area contributed by atoms with Crippen molar-refractivity contribution in [3.05, 3.63) is 52.9 Å². The third-order valence-electron chi connectivity index (χ3n) is 7.68. The molecule has 1 aliphatic carbocycles. The number of H-pyrrole nitrogens is 1. The first-order chi connectivity index (χ1) is 16.9. The minimum Gasteiger partial charge on any atom is -0.278 e. The smallest absolute Gasteiger partial charge is 0.257 e. The van der Waals surface area contributed by atoms with E-state index in [9.17, 15) is 4.79 Å². The van der Waals surface area contributed by atoms with Crippen LogP contribution in [0.5, 0.6) is 0 Å². The molecular formula is C26H22ClN7O. The zero-order valence-electron chi connectivity index (χ0n) is 19.5. The van der Waals surface area contributed by atoms with Gasteiger partial charge in [-0.05, 0) is 50.5 Å². The summed E-state index contributed by atoms with van der Waals surface area (Å²) in [5.41, 5.74) is 7.35. The van der Waals surface area contributed by atoms with Gasteiger partial charge in [0.2, 0.25) is 0 Å². The number of hydrogen-bond donors (Lipinski definition) is 1. The standard InChI is InChI=1S/C26H22ClN7O/c1-13-6-19-18(11-29-31-19)22(23(13)27)21-14(2)34(17-8-26(9-17)12-28-25(26)35)32-24(21)15-4-5-20-16(7-15)10-30-33(20)3/h4-7,10-12,17H,8-9H2,1-3H3,(H,29,31). The van der Waals surface area contributed by atoms with E-state index in [1.807, 2.05) is 37.1 Å². The predicted octanol–water partition coefficient (Wildman–Crippen LogP) is 5.18. The number of aryl methyl sites for hydroxylation is 2. The summed E-state index contributed by atoms with van der Waals surface area (Å²) in [6.45, 7) is 4.09. The third-order valence-corrected chi connectivity index (χ3v) is 8.17. The van der Waals surface area contributed by atoms with E-state index in [0.29, 0.717) is 5.02 Å². The normalized spacial score (nSPS) is 21.3. The van der Waals surface area contributed by atoms with Crippen LogP contribution in [0.25, 0.3) is 44.2 Å². The van der Waals surface area contributed by atoms with Crippen LogP contribution in [0.3, 0.4) is 0 Å². The van der Waals surface area contributed by atoms with Crippen LogP contribution >= 0.6 is 11.6 Å². The minimum absolute atomic E-state index is 0.0112. The zero-order valence-corrected chi connectivity index (χ0v) is 20.3. The number of aromatic amines is 1. The van der Waals surface area contributed by atoms with E-state index in [2.05, 4.69) is 50.1 Å². The highest BCUT2D eigenvalue weighted by molar-refractivity contribution is 6.36. The molecule has 3 aromatic heterocycles. The summed E-state index contributed by atoms with van der Waals surface area (Å²) in [4.78, 5) is 15.9. The van der Waals surface area contributed by atoms with E-state index in [4.69, 9.17) is 16.7 Å². The fraction of sp³-hybridized carbons (Fsp3) is 0.269. The molecule has 5 aromatic rings. The van der Waals surface area contributed by atoms with Gasteiger partial charge in [0.25, 0.3) is 5.91 Å². The van der Waals surface area contributed by atoms with Crippen molar-refractivity contribution in [3.8, 4) is 22.4 Å². The molecule has 7 rings (SSSR count). The topological polar surface area (TPSA) is 93.8 Å². The van der Waals surface area contributed by atoms with Crippen LogP contribution < -0.4 is 0 Å². The van der Waals surface area contributed by atoms with Gasteiger partial charge in [-0.25, -0.2) is 4.99 Å². The molecule has 1 aliphatic heterocycles. The van der Waals surface area contributed by atoms with E-state index in [0.717, 1.165) is 68.3 Å². The van der Waals surface area contributed by atoms with Crippen LogP contribution in [0.15, 0.2) is 41.7 Å². The van der Waals surface area contributed by atoms with E-state index in [1.54, 1.807) is 6.21 Å². The minimum atomic E-state index is -0.392. The molecule has 174 valence electrons. The summed E-state index contributed by atoms with van der Waals surface area (Å²) in [7, 11) is 1.94. The average molecular weight is 484 g/mol. The number of aliphatic imine (C=N–C) groups is 1. The van der Waals surface area contributed by atoms with Crippen LogP contribution in [0.4, 0.5) is 0 Å². The number of rotatable bonds is 3. The number of carbonyl (C=O) groups excluding carboxylic acids is 1. The lowest BCUT2D eigenvalue weighted by molar-refractivity contribution is -0.131. The molecule has 0 radical (unpaired) electrons. The van der Waals surface area contributed by atoms with Crippen molar-refractivity contribution in [2.75, 3.05) is 0 Å². The molecule has 2 aliphatic rings. The lowest BCUT2D eigenvalue weighted by Crippen LogP contribution is -2.50. The Bertz CT molecular complexity index is 1730. The van der Waals surface area contributed by atoms with Gasteiger partial charge in [-0.15, -0.1) is 0 Å². The number of nitrogens with zero attached hydrogens (tertiary/aromatic N) is 6. The molecular weight excluding hydrogens is 462 g/mol. The van der Waals surface area contributed by atoms with Gasteiger partial charge in [-0.3, -0.25) is 19.3 Å². The second kappa shape index (κ2) is 6.88. The lowest BCUT2D eigenvalue weighted by Gasteiger charge is -2.46. The maximum absolute atomic E-state index is 12.1. The van der Waals surface area contributed by atoms with Crippen molar-refractivity contribution in [1.29, 1.82) is 0 Å². The Labute approximate surface area is 205 Å². The first-order valence-electron chi connectivity index (χ1n) is 11.6. The molecule has 0 atom stereocenters. The molecule has 2 aromatic carbocycles. The quantitative estimate of drug-likeness (QED) is 0.382. The Morgan fingerprint density at radius 2 is 1.97 bits per heavy atom. The highest BCUT2D eigenvalue weighted by atomic mass is 35.5. The van der Waals surface area contributed by atoms with Crippen molar-refractivity contribution < 1.29 is 4.79 Å². The van der Waals surface area contributed by atoms with Crippen LogP contribution in [0.1, 0.15) is 30.1 Å². The van der Waals surface area contributed by atoms with Crippen LogP contribution in [-0.2, 0) is 11.8 Å². The third kappa shape index (κ3) is 2.71. The summed E-state index contributed by atoms with van der Waals surface area (Å²) in [5.74, 6) is -0.0112. The van der Waals surface area contributed by atoms with Gasteiger partial charge in [0.15, 0.2) is 0 Å². The van der Waals surface area contributed by atoms with E-state index in [1.165, 1.54) is 0 Å². The second-order valence-electron chi connectivity index (χ2n) is 9.79. The Morgan fingerprint density at radius 1 is 1.14 bits per heavy atom. The Morgan fingerprint density at radius 3 is 2.71 bits per heavy atom. The summed E-state index contributed by atoms with van der Waals surface area (Å²) in [6.07, 6.45) is 6.94. The predicted molar refractivity (Wildman–Crippen MR) is 136 cm³/mol. The van der Waals surface area contributed by atoms with Gasteiger partial charge >= 0.3 is 0 Å². The second-order valence-corrected chi connectivity index (χ2v) is 10.2. The lowest BCUT2D eigenvalue weighted by atomic mass is 9.63. The Hall–Kier alpha value is -3.78. The fourth-order valence-electron chi connectivity index (χ4n) is 5.67. The van der Waals surface area contributed by atoms with E-state index < -0.39 is 5.41 Å². The van der Waals surface area contributed by atoms with Gasteiger partial charge in [0.05, 0.1) is 39.9 Å². The molecule has 1 saturated carbocycles. The Kier molecular flexibility index (Phi) is 4.05. The molecule has 1 N–H and O–H groups in total. The first-order valence-corrected chi connectivity index (χ1v) is 12.0. The number of benzene rings is 2. The maximum Gasteiger partial charge on any atom is 0.257 e. The molecule has 1 spiro atoms. The van der Waals surface area contributed by atoms with Gasteiger partial charge < -0.3 is 0 Å². The number of nitrogens with one attached hydrogen (secondary N) is 1. The number of hydrogen-bond acceptors (Lipinski definition) is 4. The van der Waals surface area contributed by atoms with E-state index in [-0.39, 0.29) is 11.9 Å². The van der Waals surface area contributed by atoms with Gasteiger partial charge in [0, 0.05) is 46.4 Å². The van der Waals surface area contributed by atoms with Gasteiger partial charge in [-0.2, -0.15) is 15.3 Å². The number of halogens is 1. The van der Waals surface area contributed by atoms with Crippen LogP contribution in [0.2, 0.25) is 5.02 Å². The van der Waals surface area contributed by atoms with Gasteiger partial charge in [-0.1, -0.05) is 17.7 Å². The molecule has 4 heterocycles. The molecule has 0 unspecified atom stereocenters. The molecule has 9 heteroatoms. The van der Waals surface area contributed by atoms with Crippen LogP contribution in [-0.4, -0.2) is 41.9 Å². The monoisotopic (exact) mass is 483 g/mol. The number of carbonyl (C=O) groups is 1. The number of fused-ring (bicyclic) bond motifs is 2. The highest BCUT2D eigenvalue weighted by Gasteiger charge is 2.54. The van der Waals surface area contributed by atoms with E-state index >= 15 is 0 Å². The summed E-state index contributed by atoms with van der Waals surface area (Å²) in [6, 6.07) is 8.43. The van der Waals surface area contributed by atoms with Crippen molar-refractivity contribution in [1.82, 2.24) is 29.8 Å². The first kappa shape index (κ1) is 20.6. The molecule has 0 saturated heterocycles. The molecule has 0 bridgehead atoms. The zero-order chi connectivity index (χ0) is 24.1. The van der Waals surface area contributed by atoms with Crippen LogP contribution in [0, 0.1) is 19.3 Å². The van der Waals surface area contributed by atoms with Crippen molar-refractivity contribution in [3.63, 3.8) is 0 Å². The average Bonchev–Trinajstić information content (AvgIpc) is 3.51. The molecule has 35 heavy (non-hydrogen) atoms. The fourth-order valence-corrected chi connectivity index (χ4v) is 5.92. The van der Waals surface area contributed by atoms with Crippen molar-refractivity contribution in [2.24, 2.45) is 17.5 Å².